The minimum absolute atomic E-state index is 0.0307. The number of carbonyl (C=O) groups excluding carboxylic acids is 2. The molecule has 0 bridgehead atoms. The second-order valence-corrected chi connectivity index (χ2v) is 11.8. The zero-order chi connectivity index (χ0) is 32.1. The summed E-state index contributed by atoms with van der Waals surface area (Å²) in [6.45, 7) is 1.70. The van der Waals surface area contributed by atoms with E-state index >= 15 is 0 Å². The SMILES string of the molecule is O=C(c1ncn([C@H]2CCCC[C@@]2(CCc2nnn[nH]2)OC(=O)C(F)(F)F)c1-c1ccccc1)N1CCNC[C@H]1Cc1ccccc1. The Hall–Kier alpha value is -4.59. The summed E-state index contributed by atoms with van der Waals surface area (Å²) in [4.78, 5) is 33.3. The number of nitrogens with zero attached hydrogens (tertiary/aromatic N) is 6. The van der Waals surface area contributed by atoms with Gasteiger partial charge < -0.3 is 19.5 Å². The Kier molecular flexibility index (Phi) is 9.15. The number of aromatic nitrogens is 6. The van der Waals surface area contributed by atoms with Crippen LogP contribution in [0.2, 0.25) is 0 Å². The lowest BCUT2D eigenvalue weighted by molar-refractivity contribution is -0.221. The molecule has 11 nitrogen and oxygen atoms in total. The van der Waals surface area contributed by atoms with E-state index in [2.05, 4.69) is 30.9 Å². The Labute approximate surface area is 263 Å². The first-order valence-corrected chi connectivity index (χ1v) is 15.5. The summed E-state index contributed by atoms with van der Waals surface area (Å²) in [6.07, 6.45) is -1.01. The number of hydrogen-bond acceptors (Lipinski definition) is 8. The molecule has 3 atom stereocenters. The molecule has 6 rings (SSSR count). The van der Waals surface area contributed by atoms with Crippen molar-refractivity contribution in [3.63, 3.8) is 0 Å². The fraction of sp³-hybridized carbons (Fsp3) is 0.438. The molecule has 242 valence electrons. The lowest BCUT2D eigenvalue weighted by atomic mass is 9.76. The van der Waals surface area contributed by atoms with Gasteiger partial charge in [0.05, 0.1) is 18.1 Å². The van der Waals surface area contributed by atoms with Crippen LogP contribution in [0.5, 0.6) is 0 Å². The number of imidazole rings is 1. The molecule has 1 aliphatic carbocycles. The van der Waals surface area contributed by atoms with Crippen LogP contribution in [-0.2, 0) is 22.4 Å². The number of nitrogens with one attached hydrogen (secondary N) is 2. The van der Waals surface area contributed by atoms with Gasteiger partial charge in [-0.15, -0.1) is 5.10 Å². The summed E-state index contributed by atoms with van der Waals surface area (Å²) in [7, 11) is 0. The van der Waals surface area contributed by atoms with E-state index in [4.69, 9.17) is 4.74 Å². The molecule has 2 aromatic carbocycles. The highest BCUT2D eigenvalue weighted by Gasteiger charge is 2.52. The number of esters is 1. The molecule has 1 saturated carbocycles. The van der Waals surface area contributed by atoms with Crippen molar-refractivity contribution in [3.8, 4) is 11.3 Å². The number of rotatable bonds is 9. The van der Waals surface area contributed by atoms with E-state index in [0.717, 1.165) is 5.56 Å². The van der Waals surface area contributed by atoms with E-state index in [9.17, 15) is 22.8 Å². The van der Waals surface area contributed by atoms with Gasteiger partial charge in [-0.3, -0.25) is 4.79 Å². The number of ether oxygens (including phenoxy) is 1. The number of aryl methyl sites for hydroxylation is 1. The van der Waals surface area contributed by atoms with Crippen molar-refractivity contribution in [2.24, 2.45) is 0 Å². The molecule has 0 unspecified atom stereocenters. The number of piperazine rings is 1. The summed E-state index contributed by atoms with van der Waals surface area (Å²) >= 11 is 0. The van der Waals surface area contributed by atoms with Gasteiger partial charge in [0.25, 0.3) is 5.91 Å². The average molecular weight is 637 g/mol. The monoisotopic (exact) mass is 636 g/mol. The normalized spacial score (nSPS) is 22.0. The number of H-pyrrole nitrogens is 1. The Morgan fingerprint density at radius 2 is 1.80 bits per heavy atom. The first-order valence-electron chi connectivity index (χ1n) is 15.5. The number of halogens is 3. The van der Waals surface area contributed by atoms with E-state index in [1.807, 2.05) is 65.6 Å². The van der Waals surface area contributed by atoms with Gasteiger partial charge in [0.1, 0.15) is 11.4 Å². The number of alkyl halides is 3. The molecule has 1 saturated heterocycles. The van der Waals surface area contributed by atoms with E-state index in [1.54, 1.807) is 4.57 Å². The molecule has 1 aliphatic heterocycles. The van der Waals surface area contributed by atoms with Gasteiger partial charge in [-0.2, -0.15) is 13.2 Å². The maximum atomic E-state index is 14.4. The maximum absolute atomic E-state index is 14.4. The Balaban J connectivity index is 1.41. The summed E-state index contributed by atoms with van der Waals surface area (Å²) in [5, 5.41) is 17.0. The Bertz CT molecular complexity index is 1610. The van der Waals surface area contributed by atoms with Gasteiger partial charge in [0, 0.05) is 37.7 Å². The third kappa shape index (κ3) is 6.66. The van der Waals surface area contributed by atoms with Crippen molar-refractivity contribution in [1.29, 1.82) is 0 Å². The Morgan fingerprint density at radius 3 is 2.52 bits per heavy atom. The second kappa shape index (κ2) is 13.4. The average Bonchev–Trinajstić information content (AvgIpc) is 3.75. The summed E-state index contributed by atoms with van der Waals surface area (Å²) in [5.41, 5.74) is 0.894. The van der Waals surface area contributed by atoms with Crippen LogP contribution < -0.4 is 5.32 Å². The van der Waals surface area contributed by atoms with Crippen LogP contribution in [0, 0.1) is 0 Å². The minimum Gasteiger partial charge on any atom is -0.450 e. The van der Waals surface area contributed by atoms with Crippen LogP contribution >= 0.6 is 0 Å². The topological polar surface area (TPSA) is 131 Å². The number of benzene rings is 2. The molecular formula is C32H35F3N8O3. The third-order valence-corrected chi connectivity index (χ3v) is 8.94. The van der Waals surface area contributed by atoms with E-state index < -0.39 is 23.8 Å². The smallest absolute Gasteiger partial charge is 0.450 e. The van der Waals surface area contributed by atoms with E-state index in [0.29, 0.717) is 62.4 Å². The molecule has 1 amide bonds. The highest BCUT2D eigenvalue weighted by atomic mass is 19.4. The minimum atomic E-state index is -5.18. The molecular weight excluding hydrogens is 601 g/mol. The lowest BCUT2D eigenvalue weighted by Crippen LogP contribution is -2.54. The molecule has 3 heterocycles. The van der Waals surface area contributed by atoms with Crippen molar-refractivity contribution in [1.82, 2.24) is 40.4 Å². The van der Waals surface area contributed by atoms with Gasteiger partial charge in [0.2, 0.25) is 0 Å². The van der Waals surface area contributed by atoms with Crippen molar-refractivity contribution < 1.29 is 27.5 Å². The zero-order valence-corrected chi connectivity index (χ0v) is 25.1. The first-order chi connectivity index (χ1) is 22.2. The fourth-order valence-electron chi connectivity index (χ4n) is 6.77. The number of carbonyl (C=O) groups is 2. The third-order valence-electron chi connectivity index (χ3n) is 8.94. The molecule has 2 fully saturated rings. The molecule has 2 aromatic heterocycles. The number of hydrogen-bond donors (Lipinski definition) is 2. The maximum Gasteiger partial charge on any atom is 0.490 e. The number of tetrazole rings is 1. The van der Waals surface area contributed by atoms with E-state index in [1.165, 1.54) is 6.33 Å². The van der Waals surface area contributed by atoms with Gasteiger partial charge >= 0.3 is 12.1 Å². The predicted molar refractivity (Wildman–Crippen MR) is 160 cm³/mol. The molecule has 4 aromatic rings. The van der Waals surface area contributed by atoms with Gasteiger partial charge in [-0.1, -0.05) is 67.1 Å². The molecule has 14 heteroatoms. The first kappa shape index (κ1) is 31.4. The highest BCUT2D eigenvalue weighted by molar-refractivity contribution is 5.98. The molecule has 0 radical (unpaired) electrons. The molecule has 2 aliphatic rings. The van der Waals surface area contributed by atoms with Crippen molar-refractivity contribution >= 4 is 11.9 Å². The molecule has 2 N–H and O–H groups in total. The summed E-state index contributed by atoms with van der Waals surface area (Å²) in [5.74, 6) is -2.15. The van der Waals surface area contributed by atoms with Crippen molar-refractivity contribution in [3.05, 3.63) is 84.1 Å². The van der Waals surface area contributed by atoms with E-state index in [-0.39, 0.29) is 36.9 Å². The van der Waals surface area contributed by atoms with Crippen LogP contribution in [0.1, 0.15) is 60.0 Å². The van der Waals surface area contributed by atoms with Crippen LogP contribution in [0.15, 0.2) is 67.0 Å². The second-order valence-electron chi connectivity index (χ2n) is 11.8. The van der Waals surface area contributed by atoms with Crippen LogP contribution in [0.3, 0.4) is 0 Å². The predicted octanol–water partition coefficient (Wildman–Crippen LogP) is 4.31. The lowest BCUT2D eigenvalue weighted by Gasteiger charge is -2.44. The van der Waals surface area contributed by atoms with Gasteiger partial charge in [-0.05, 0) is 48.1 Å². The van der Waals surface area contributed by atoms with Crippen molar-refractivity contribution in [2.45, 2.75) is 68.8 Å². The van der Waals surface area contributed by atoms with Crippen LogP contribution in [0.4, 0.5) is 13.2 Å². The standard InChI is InChI=1S/C32H35F3N8O3/c33-32(34,35)30(45)46-31(16-14-26-38-40-41-39-26)15-8-7-13-25(31)43-21-37-27(28(43)23-11-5-2-6-12-23)29(44)42-18-17-36-20-24(42)19-22-9-3-1-4-10-22/h1-6,9-12,21,24-25,36H,7-8,13-20H2,(H,38,39,40,41)/t24-,25+,31+/m1/s1. The van der Waals surface area contributed by atoms with Crippen LogP contribution in [0.25, 0.3) is 11.3 Å². The highest BCUT2D eigenvalue weighted by Crippen LogP contribution is 2.46. The number of aromatic amines is 1. The van der Waals surface area contributed by atoms with Crippen molar-refractivity contribution in [2.75, 3.05) is 19.6 Å². The fourth-order valence-corrected chi connectivity index (χ4v) is 6.77. The quantitative estimate of drug-likeness (QED) is 0.260. The van der Waals surface area contributed by atoms with Gasteiger partial charge in [-0.25, -0.2) is 14.9 Å². The molecule has 46 heavy (non-hydrogen) atoms. The van der Waals surface area contributed by atoms with Gasteiger partial charge in [0.15, 0.2) is 5.69 Å². The summed E-state index contributed by atoms with van der Waals surface area (Å²) < 4.78 is 48.3. The molecule has 0 spiro atoms. The summed E-state index contributed by atoms with van der Waals surface area (Å²) in [6, 6.07) is 18.3. The Morgan fingerprint density at radius 1 is 1.04 bits per heavy atom. The zero-order valence-electron chi connectivity index (χ0n) is 25.1. The largest absolute Gasteiger partial charge is 0.490 e. The number of amides is 1. The van der Waals surface area contributed by atoms with Crippen LogP contribution in [-0.4, -0.2) is 84.4 Å².